The first kappa shape index (κ1) is 17.4. The first-order valence-electron chi connectivity index (χ1n) is 8.33. The molecule has 1 atom stereocenters. The second-order valence-electron chi connectivity index (χ2n) is 5.99. The molecule has 20 heavy (non-hydrogen) atoms. The van der Waals surface area contributed by atoms with Crippen LogP contribution in [0.3, 0.4) is 0 Å². The summed E-state index contributed by atoms with van der Waals surface area (Å²) in [6.45, 7) is 3.44. The highest BCUT2D eigenvalue weighted by Crippen LogP contribution is 2.24. The van der Waals surface area contributed by atoms with E-state index in [9.17, 15) is 9.90 Å². The van der Waals surface area contributed by atoms with Gasteiger partial charge < -0.3 is 15.7 Å². The zero-order valence-corrected chi connectivity index (χ0v) is 13.0. The van der Waals surface area contributed by atoms with E-state index in [2.05, 4.69) is 6.92 Å². The van der Waals surface area contributed by atoms with Crippen molar-refractivity contribution < 1.29 is 9.90 Å². The third-order valence-electron chi connectivity index (χ3n) is 4.60. The van der Waals surface area contributed by atoms with Crippen molar-refractivity contribution >= 4 is 5.91 Å². The molecule has 0 aliphatic heterocycles. The Labute approximate surface area is 123 Å². The molecule has 1 unspecified atom stereocenters. The number of aliphatic hydroxyl groups is 1. The lowest BCUT2D eigenvalue weighted by Gasteiger charge is -2.34. The van der Waals surface area contributed by atoms with Gasteiger partial charge in [0.2, 0.25) is 5.91 Å². The number of carbonyl (C=O) groups is 1. The fourth-order valence-electron chi connectivity index (χ4n) is 3.27. The van der Waals surface area contributed by atoms with Crippen molar-refractivity contribution in [1.82, 2.24) is 4.90 Å². The van der Waals surface area contributed by atoms with Gasteiger partial charge in [-0.3, -0.25) is 4.79 Å². The molecular formula is C16H32N2O2. The van der Waals surface area contributed by atoms with Gasteiger partial charge in [-0.15, -0.1) is 0 Å². The maximum atomic E-state index is 12.4. The largest absolute Gasteiger partial charge is 0.395 e. The van der Waals surface area contributed by atoms with Crippen LogP contribution in [0.15, 0.2) is 0 Å². The fraction of sp³-hybridized carbons (Fsp3) is 0.938. The van der Waals surface area contributed by atoms with Crippen LogP contribution in [0.2, 0.25) is 0 Å². The van der Waals surface area contributed by atoms with Crippen LogP contribution in [-0.4, -0.2) is 41.7 Å². The minimum absolute atomic E-state index is 0.0717. The molecule has 4 heteroatoms. The van der Waals surface area contributed by atoms with E-state index in [0.717, 1.165) is 32.1 Å². The number of hydrogen-bond acceptors (Lipinski definition) is 3. The van der Waals surface area contributed by atoms with Crippen LogP contribution < -0.4 is 5.73 Å². The summed E-state index contributed by atoms with van der Waals surface area (Å²) in [6.07, 6.45) is 9.55. The lowest BCUT2D eigenvalue weighted by atomic mass is 9.93. The average Bonchev–Trinajstić information content (AvgIpc) is 2.49. The average molecular weight is 284 g/mol. The number of nitrogens with zero attached hydrogens (tertiary/aromatic N) is 1. The molecule has 1 rings (SSSR count). The van der Waals surface area contributed by atoms with Crippen LogP contribution in [0.25, 0.3) is 0 Å². The lowest BCUT2D eigenvalue weighted by molar-refractivity contribution is -0.135. The van der Waals surface area contributed by atoms with E-state index < -0.39 is 0 Å². The predicted octanol–water partition coefficient (Wildman–Crippen LogP) is 2.30. The van der Waals surface area contributed by atoms with Crippen molar-refractivity contribution in [3.8, 4) is 0 Å². The predicted molar refractivity (Wildman–Crippen MR) is 82.4 cm³/mol. The maximum Gasteiger partial charge on any atom is 0.222 e. The molecule has 3 N–H and O–H groups in total. The molecule has 0 saturated heterocycles. The Morgan fingerprint density at radius 1 is 1.30 bits per heavy atom. The molecule has 0 radical (unpaired) electrons. The SMILES string of the molecule is CCC(CCN)CCC(=O)N(CCO)C1CCCCC1. The number of nitrogens with two attached hydrogens (primary N) is 1. The molecule has 1 aliphatic carbocycles. The Bertz CT molecular complexity index is 265. The van der Waals surface area contributed by atoms with Crippen molar-refractivity contribution in [2.75, 3.05) is 19.7 Å². The molecule has 0 heterocycles. The van der Waals surface area contributed by atoms with Gasteiger partial charge in [0, 0.05) is 19.0 Å². The van der Waals surface area contributed by atoms with Crippen molar-refractivity contribution in [2.24, 2.45) is 11.7 Å². The zero-order chi connectivity index (χ0) is 14.8. The van der Waals surface area contributed by atoms with Gasteiger partial charge in [0.15, 0.2) is 0 Å². The van der Waals surface area contributed by atoms with E-state index in [0.29, 0.717) is 31.5 Å². The number of amides is 1. The number of aliphatic hydroxyl groups excluding tert-OH is 1. The highest BCUT2D eigenvalue weighted by atomic mass is 16.3. The van der Waals surface area contributed by atoms with Crippen LogP contribution in [0.5, 0.6) is 0 Å². The Kier molecular flexibility index (Phi) is 8.86. The van der Waals surface area contributed by atoms with Gasteiger partial charge in [-0.2, -0.15) is 0 Å². The van der Waals surface area contributed by atoms with Gasteiger partial charge in [0.05, 0.1) is 6.61 Å². The van der Waals surface area contributed by atoms with Crippen LogP contribution in [0.1, 0.15) is 64.7 Å². The Morgan fingerprint density at radius 2 is 2.00 bits per heavy atom. The molecule has 0 spiro atoms. The van der Waals surface area contributed by atoms with Gasteiger partial charge in [0.1, 0.15) is 0 Å². The molecule has 0 aromatic rings. The third kappa shape index (κ3) is 5.80. The summed E-state index contributed by atoms with van der Waals surface area (Å²) in [4.78, 5) is 14.4. The molecular weight excluding hydrogens is 252 g/mol. The van der Waals surface area contributed by atoms with E-state index in [4.69, 9.17) is 5.73 Å². The molecule has 0 aromatic heterocycles. The standard InChI is InChI=1S/C16H32N2O2/c1-2-14(10-11-17)8-9-16(20)18(12-13-19)15-6-4-3-5-7-15/h14-15,19H,2-13,17H2,1H3. The first-order chi connectivity index (χ1) is 9.72. The summed E-state index contributed by atoms with van der Waals surface area (Å²) < 4.78 is 0. The molecule has 4 nitrogen and oxygen atoms in total. The topological polar surface area (TPSA) is 66.6 Å². The third-order valence-corrected chi connectivity index (χ3v) is 4.60. The van der Waals surface area contributed by atoms with E-state index in [-0.39, 0.29) is 12.5 Å². The number of rotatable bonds is 9. The summed E-state index contributed by atoms with van der Waals surface area (Å²) in [5.74, 6) is 0.785. The summed E-state index contributed by atoms with van der Waals surface area (Å²) in [7, 11) is 0. The quantitative estimate of drug-likeness (QED) is 0.682. The lowest BCUT2D eigenvalue weighted by Crippen LogP contribution is -2.43. The van der Waals surface area contributed by atoms with E-state index in [1.54, 1.807) is 0 Å². The summed E-state index contributed by atoms with van der Waals surface area (Å²) in [6, 6.07) is 0.359. The highest BCUT2D eigenvalue weighted by Gasteiger charge is 2.25. The summed E-state index contributed by atoms with van der Waals surface area (Å²) in [5.41, 5.74) is 5.61. The van der Waals surface area contributed by atoms with Crippen LogP contribution in [0.4, 0.5) is 0 Å². The van der Waals surface area contributed by atoms with Gasteiger partial charge in [-0.25, -0.2) is 0 Å². The van der Waals surface area contributed by atoms with Crippen molar-refractivity contribution in [3.05, 3.63) is 0 Å². The molecule has 118 valence electrons. The van der Waals surface area contributed by atoms with Gasteiger partial charge in [-0.05, 0) is 38.1 Å². The normalized spacial score (nSPS) is 17.9. The molecule has 1 saturated carbocycles. The smallest absolute Gasteiger partial charge is 0.222 e. The minimum atomic E-state index is 0.0717. The first-order valence-corrected chi connectivity index (χ1v) is 8.33. The second-order valence-corrected chi connectivity index (χ2v) is 5.99. The highest BCUT2D eigenvalue weighted by molar-refractivity contribution is 5.76. The van der Waals surface area contributed by atoms with E-state index in [1.807, 2.05) is 4.90 Å². The summed E-state index contributed by atoms with van der Waals surface area (Å²) in [5, 5.41) is 9.21. The van der Waals surface area contributed by atoms with Gasteiger partial charge in [0.25, 0.3) is 0 Å². The fourth-order valence-corrected chi connectivity index (χ4v) is 3.27. The van der Waals surface area contributed by atoms with Crippen LogP contribution in [0, 0.1) is 5.92 Å². The Hall–Kier alpha value is -0.610. The van der Waals surface area contributed by atoms with Crippen LogP contribution >= 0.6 is 0 Å². The number of hydrogen-bond donors (Lipinski definition) is 2. The molecule has 0 aromatic carbocycles. The van der Waals surface area contributed by atoms with Gasteiger partial charge in [-0.1, -0.05) is 32.6 Å². The molecule has 1 fully saturated rings. The van der Waals surface area contributed by atoms with Gasteiger partial charge >= 0.3 is 0 Å². The number of carbonyl (C=O) groups excluding carboxylic acids is 1. The van der Waals surface area contributed by atoms with E-state index in [1.165, 1.54) is 19.3 Å². The minimum Gasteiger partial charge on any atom is -0.395 e. The molecule has 0 bridgehead atoms. The van der Waals surface area contributed by atoms with Crippen molar-refractivity contribution in [1.29, 1.82) is 0 Å². The van der Waals surface area contributed by atoms with Crippen molar-refractivity contribution in [2.45, 2.75) is 70.8 Å². The zero-order valence-electron chi connectivity index (χ0n) is 13.0. The Morgan fingerprint density at radius 3 is 2.55 bits per heavy atom. The summed E-state index contributed by atoms with van der Waals surface area (Å²) >= 11 is 0. The molecule has 1 aliphatic rings. The Balaban J connectivity index is 2.46. The van der Waals surface area contributed by atoms with E-state index >= 15 is 0 Å². The molecule has 1 amide bonds. The van der Waals surface area contributed by atoms with Crippen molar-refractivity contribution in [3.63, 3.8) is 0 Å². The van der Waals surface area contributed by atoms with Crippen LogP contribution in [-0.2, 0) is 4.79 Å². The second kappa shape index (κ2) is 10.2. The monoisotopic (exact) mass is 284 g/mol. The maximum absolute atomic E-state index is 12.4.